The van der Waals surface area contributed by atoms with Gasteiger partial charge in [-0.15, -0.1) is 0 Å². The van der Waals surface area contributed by atoms with Crippen molar-refractivity contribution in [3.63, 3.8) is 0 Å². The topological polar surface area (TPSA) is 70.1 Å². The number of halogens is 2. The molecule has 3 aliphatic heterocycles. The average Bonchev–Trinajstić information content (AvgIpc) is 3.35. The van der Waals surface area contributed by atoms with Crippen molar-refractivity contribution >= 4 is 48.9 Å². The third kappa shape index (κ3) is 4.52. The van der Waals surface area contributed by atoms with Crippen LogP contribution < -0.4 is 9.80 Å². The molecule has 41 heavy (non-hydrogen) atoms. The van der Waals surface area contributed by atoms with Crippen molar-refractivity contribution in [1.29, 1.82) is 0 Å². The second-order valence-electron chi connectivity index (χ2n) is 11.9. The maximum Gasteiger partial charge on any atom is 0.264 e. The lowest BCUT2D eigenvalue weighted by Gasteiger charge is -2.31. The smallest absolute Gasteiger partial charge is 0.264 e. The monoisotopic (exact) mass is 592 g/mol. The molecule has 3 heterocycles. The fourth-order valence-electron chi connectivity index (χ4n) is 7.26. The highest BCUT2D eigenvalue weighted by molar-refractivity contribution is 6.72. The molecule has 1 fully saturated rings. The predicted molar refractivity (Wildman–Crippen MR) is 161 cm³/mol. The Morgan fingerprint density at radius 1 is 1.05 bits per heavy atom. The highest BCUT2D eigenvalue weighted by atomic mass is 35.5. The SMILES string of the molecule is C[C@H]1[C@H]([Si](C)(C)F)[C@@H](CCO)O[C@]12C(=O)N(Cc1cccc(N3C(=O)CCc4ccccc43)c1)c1ccc(Cl)cc12. The number of fused-ring (bicyclic) bond motifs is 3. The molecule has 0 aromatic heterocycles. The molecule has 9 heteroatoms. The molecule has 6 nitrogen and oxygen atoms in total. The number of carbonyl (C=O) groups is 2. The molecule has 0 radical (unpaired) electrons. The summed E-state index contributed by atoms with van der Waals surface area (Å²) in [5.74, 6) is -0.672. The molecule has 214 valence electrons. The minimum atomic E-state index is -3.28. The number of anilines is 3. The van der Waals surface area contributed by atoms with Gasteiger partial charge in [-0.05, 0) is 73.5 Å². The zero-order valence-electron chi connectivity index (χ0n) is 23.4. The molecular weight excluding hydrogens is 559 g/mol. The number of hydrogen-bond acceptors (Lipinski definition) is 4. The van der Waals surface area contributed by atoms with Gasteiger partial charge in [0.1, 0.15) is 0 Å². The number of para-hydroxylation sites is 1. The van der Waals surface area contributed by atoms with Crippen LogP contribution in [-0.4, -0.2) is 38.0 Å². The third-order valence-electron chi connectivity index (χ3n) is 8.94. The van der Waals surface area contributed by atoms with Gasteiger partial charge in [0.2, 0.25) is 14.3 Å². The van der Waals surface area contributed by atoms with E-state index in [1.807, 2.05) is 61.5 Å². The van der Waals surface area contributed by atoms with E-state index < -0.39 is 31.6 Å². The van der Waals surface area contributed by atoms with Crippen LogP contribution in [0.1, 0.15) is 36.5 Å². The molecule has 2 amide bonds. The zero-order chi connectivity index (χ0) is 29.1. The predicted octanol–water partition coefficient (Wildman–Crippen LogP) is 6.66. The number of aliphatic hydroxyl groups is 1. The minimum absolute atomic E-state index is 0.0317. The van der Waals surface area contributed by atoms with E-state index in [9.17, 15) is 14.7 Å². The van der Waals surface area contributed by atoms with Crippen molar-refractivity contribution in [1.82, 2.24) is 0 Å². The molecule has 0 unspecified atom stereocenters. The summed E-state index contributed by atoms with van der Waals surface area (Å²) in [5, 5.41) is 10.2. The van der Waals surface area contributed by atoms with Crippen molar-refractivity contribution in [3.05, 3.63) is 88.4 Å². The first kappa shape index (κ1) is 28.1. The van der Waals surface area contributed by atoms with E-state index in [1.54, 1.807) is 35.0 Å². The number of aryl methyl sites for hydroxylation is 1. The third-order valence-corrected chi connectivity index (χ3v) is 11.6. The van der Waals surface area contributed by atoms with Crippen molar-refractivity contribution in [2.45, 2.75) is 63.1 Å². The fraction of sp³-hybridized carbons (Fsp3) is 0.375. The quantitative estimate of drug-likeness (QED) is 0.257. The van der Waals surface area contributed by atoms with E-state index in [4.69, 9.17) is 16.3 Å². The van der Waals surface area contributed by atoms with Crippen molar-refractivity contribution < 1.29 is 23.5 Å². The fourth-order valence-corrected chi connectivity index (χ4v) is 9.98. The molecule has 1 saturated heterocycles. The van der Waals surface area contributed by atoms with E-state index in [1.165, 1.54) is 0 Å². The van der Waals surface area contributed by atoms with Gasteiger partial charge in [-0.2, -0.15) is 0 Å². The molecule has 4 atom stereocenters. The number of rotatable bonds is 6. The second-order valence-corrected chi connectivity index (χ2v) is 16.1. The number of ether oxygens (including phenoxy) is 1. The van der Waals surface area contributed by atoms with Crippen LogP contribution >= 0.6 is 11.6 Å². The van der Waals surface area contributed by atoms with Crippen molar-refractivity contribution in [2.75, 3.05) is 16.4 Å². The van der Waals surface area contributed by atoms with Gasteiger partial charge in [0.25, 0.3) is 5.91 Å². The maximum atomic E-state index is 15.7. The number of benzene rings is 3. The van der Waals surface area contributed by atoms with Crippen LogP contribution in [0.4, 0.5) is 21.2 Å². The van der Waals surface area contributed by atoms with Crippen LogP contribution in [0.25, 0.3) is 0 Å². The van der Waals surface area contributed by atoms with Crippen LogP contribution in [0.15, 0.2) is 66.7 Å². The molecule has 0 saturated carbocycles. The summed E-state index contributed by atoms with van der Waals surface area (Å²) in [5.41, 5.74) is 3.05. The summed E-state index contributed by atoms with van der Waals surface area (Å²) in [6.07, 6.45) is 0.825. The Morgan fingerprint density at radius 3 is 2.59 bits per heavy atom. The van der Waals surface area contributed by atoms with Crippen LogP contribution in [0.3, 0.4) is 0 Å². The molecule has 1 N–H and O–H groups in total. The number of hydrogen-bond donors (Lipinski definition) is 1. The molecular formula is C32H34ClFN2O4Si. The van der Waals surface area contributed by atoms with Gasteiger partial charge in [-0.25, -0.2) is 0 Å². The average molecular weight is 593 g/mol. The highest BCUT2D eigenvalue weighted by Crippen LogP contribution is 2.60. The van der Waals surface area contributed by atoms with Gasteiger partial charge in [-0.1, -0.05) is 48.9 Å². The summed E-state index contributed by atoms with van der Waals surface area (Å²) in [6, 6.07) is 20.9. The molecule has 3 aromatic rings. The Kier molecular flexibility index (Phi) is 7.09. The van der Waals surface area contributed by atoms with Crippen molar-refractivity contribution in [2.24, 2.45) is 5.92 Å². The van der Waals surface area contributed by atoms with Gasteiger partial charge in [0, 0.05) is 40.8 Å². The summed E-state index contributed by atoms with van der Waals surface area (Å²) < 4.78 is 22.3. The highest BCUT2D eigenvalue weighted by Gasteiger charge is 2.66. The van der Waals surface area contributed by atoms with Crippen LogP contribution in [0, 0.1) is 5.92 Å². The first-order valence-electron chi connectivity index (χ1n) is 14.2. The van der Waals surface area contributed by atoms with Crippen LogP contribution in [0.5, 0.6) is 0 Å². The molecule has 3 aliphatic rings. The zero-order valence-corrected chi connectivity index (χ0v) is 25.2. The van der Waals surface area contributed by atoms with E-state index in [0.29, 0.717) is 29.1 Å². The van der Waals surface area contributed by atoms with Crippen molar-refractivity contribution in [3.8, 4) is 0 Å². The Bertz CT molecular complexity index is 1530. The van der Waals surface area contributed by atoms with Crippen LogP contribution in [-0.2, 0) is 32.9 Å². The first-order chi connectivity index (χ1) is 19.6. The second kappa shape index (κ2) is 10.3. The number of amides is 2. The largest absolute Gasteiger partial charge is 0.396 e. The Hall–Kier alpha value is -3.04. The molecule has 0 bridgehead atoms. The Labute approximate surface area is 245 Å². The van der Waals surface area contributed by atoms with Gasteiger partial charge >= 0.3 is 0 Å². The Balaban J connectivity index is 1.39. The van der Waals surface area contributed by atoms with Gasteiger partial charge in [-0.3, -0.25) is 14.5 Å². The standard InChI is InChI=1S/C32H34ClFN2O4Si/c1-20-30(41(2,3)34)28(15-16-37)40-32(20)25-18-23(33)12-13-27(25)35(31(32)39)19-21-7-6-9-24(17-21)36-26-10-5-4-8-22(26)11-14-29(36)38/h4-10,12-13,17-18,20,28,30,37H,11,14-16,19H2,1-3H3/t20-,28+,30-,32+/m0/s1. The Morgan fingerprint density at radius 2 is 1.83 bits per heavy atom. The van der Waals surface area contributed by atoms with Crippen LogP contribution in [0.2, 0.25) is 23.7 Å². The lowest BCUT2D eigenvalue weighted by molar-refractivity contribution is -0.146. The molecule has 6 rings (SSSR count). The summed E-state index contributed by atoms with van der Waals surface area (Å²) in [4.78, 5) is 31.0. The van der Waals surface area contributed by atoms with E-state index >= 15 is 4.11 Å². The number of nitrogens with zero attached hydrogens (tertiary/aromatic N) is 2. The number of carbonyl (C=O) groups excluding carboxylic acids is 2. The molecule has 1 spiro atoms. The van der Waals surface area contributed by atoms with E-state index in [-0.39, 0.29) is 31.4 Å². The molecule has 3 aromatic carbocycles. The van der Waals surface area contributed by atoms with Gasteiger partial charge in [0.15, 0.2) is 5.60 Å². The van der Waals surface area contributed by atoms with Gasteiger partial charge < -0.3 is 18.9 Å². The lowest BCUT2D eigenvalue weighted by atomic mass is 9.82. The lowest BCUT2D eigenvalue weighted by Crippen LogP contribution is -2.45. The summed E-state index contributed by atoms with van der Waals surface area (Å²) in [6.45, 7) is 5.27. The van der Waals surface area contributed by atoms with Gasteiger partial charge in [0.05, 0.1) is 24.0 Å². The van der Waals surface area contributed by atoms with E-state index in [0.717, 1.165) is 22.5 Å². The minimum Gasteiger partial charge on any atom is -0.396 e. The maximum absolute atomic E-state index is 15.7. The summed E-state index contributed by atoms with van der Waals surface area (Å²) in [7, 11) is -3.28. The normalized spacial score (nSPS) is 25.7. The summed E-state index contributed by atoms with van der Waals surface area (Å²) >= 11 is 6.45. The first-order valence-corrected chi connectivity index (χ1v) is 17.5. The molecule has 0 aliphatic carbocycles. The number of aliphatic hydroxyl groups excluding tert-OH is 1. The van der Waals surface area contributed by atoms with E-state index in [2.05, 4.69) is 0 Å².